The summed E-state index contributed by atoms with van der Waals surface area (Å²) in [5.41, 5.74) is 2.31. The van der Waals surface area contributed by atoms with Crippen molar-refractivity contribution in [3.05, 3.63) is 53.4 Å². The minimum Gasteiger partial charge on any atom is -0.424 e. The zero-order chi connectivity index (χ0) is 19.7. The lowest BCUT2D eigenvalue weighted by Gasteiger charge is -2.33. The van der Waals surface area contributed by atoms with Gasteiger partial charge < -0.3 is 14.3 Å². The van der Waals surface area contributed by atoms with Crippen molar-refractivity contribution in [2.75, 3.05) is 6.26 Å². The van der Waals surface area contributed by atoms with Gasteiger partial charge in [-0.25, -0.2) is 0 Å². The standard InChI is InChI=1S/C20H22N4O3S/c1-11-5-4-6-13(7-11)17-10-16(24-27-17)18(25)21-15-8-14(9-15)20-23-22-19(26-20)12(2)28-3/h4-7,10,12,14-15H,8-9H2,1-3H3,(H,21,25)/t12-,14?,15?/m1/s1. The van der Waals surface area contributed by atoms with Gasteiger partial charge in [0.25, 0.3) is 5.91 Å². The summed E-state index contributed by atoms with van der Waals surface area (Å²) in [7, 11) is 0. The van der Waals surface area contributed by atoms with Gasteiger partial charge in [0.1, 0.15) is 0 Å². The maximum absolute atomic E-state index is 12.4. The maximum Gasteiger partial charge on any atom is 0.273 e. The number of carbonyl (C=O) groups is 1. The van der Waals surface area contributed by atoms with Gasteiger partial charge in [0, 0.05) is 23.6 Å². The van der Waals surface area contributed by atoms with Gasteiger partial charge >= 0.3 is 0 Å². The number of thioether (sulfide) groups is 1. The molecule has 1 fully saturated rings. The normalized spacial score (nSPS) is 19.8. The molecule has 2 aromatic heterocycles. The molecule has 2 heterocycles. The fourth-order valence-electron chi connectivity index (χ4n) is 3.19. The molecular weight excluding hydrogens is 376 g/mol. The number of aryl methyl sites for hydroxylation is 1. The average Bonchev–Trinajstić information content (AvgIpc) is 3.33. The third-order valence-electron chi connectivity index (χ3n) is 5.03. The Labute approximate surface area is 167 Å². The first-order valence-electron chi connectivity index (χ1n) is 9.24. The Bertz CT molecular complexity index is 977. The first-order chi connectivity index (χ1) is 13.5. The molecule has 146 valence electrons. The zero-order valence-corrected chi connectivity index (χ0v) is 16.8. The Morgan fingerprint density at radius 3 is 2.86 bits per heavy atom. The van der Waals surface area contributed by atoms with Crippen LogP contribution in [0.15, 0.2) is 39.3 Å². The first-order valence-corrected chi connectivity index (χ1v) is 10.5. The Morgan fingerprint density at radius 1 is 1.29 bits per heavy atom. The number of carbonyl (C=O) groups excluding carboxylic acids is 1. The van der Waals surface area contributed by atoms with Gasteiger partial charge in [-0.1, -0.05) is 28.9 Å². The SMILES string of the molecule is CS[C@H](C)c1nnc(C2CC(NC(=O)c3cc(-c4cccc(C)c4)on3)C2)o1. The molecule has 1 N–H and O–H groups in total. The van der Waals surface area contributed by atoms with E-state index in [4.69, 9.17) is 8.94 Å². The van der Waals surface area contributed by atoms with E-state index >= 15 is 0 Å². The first kappa shape index (κ1) is 18.7. The van der Waals surface area contributed by atoms with E-state index in [2.05, 4.69) is 20.7 Å². The van der Waals surface area contributed by atoms with Crippen LogP contribution in [0.2, 0.25) is 0 Å². The summed E-state index contributed by atoms with van der Waals surface area (Å²) in [6, 6.07) is 9.63. The third-order valence-corrected chi connectivity index (χ3v) is 5.93. The van der Waals surface area contributed by atoms with Gasteiger partial charge in [-0.3, -0.25) is 4.79 Å². The number of rotatable bonds is 6. The molecule has 3 aromatic rings. The van der Waals surface area contributed by atoms with E-state index < -0.39 is 0 Å². The zero-order valence-electron chi connectivity index (χ0n) is 16.0. The molecule has 1 saturated carbocycles. The van der Waals surface area contributed by atoms with E-state index in [1.165, 1.54) is 0 Å². The monoisotopic (exact) mass is 398 g/mol. The quantitative estimate of drug-likeness (QED) is 0.667. The van der Waals surface area contributed by atoms with E-state index in [0.29, 0.717) is 17.5 Å². The largest absolute Gasteiger partial charge is 0.424 e. The van der Waals surface area contributed by atoms with Crippen molar-refractivity contribution in [3.63, 3.8) is 0 Å². The number of hydrogen-bond donors (Lipinski definition) is 1. The molecule has 4 rings (SSSR count). The predicted molar refractivity (Wildman–Crippen MR) is 106 cm³/mol. The number of nitrogens with one attached hydrogen (secondary N) is 1. The minimum absolute atomic E-state index is 0.0740. The molecule has 0 spiro atoms. The number of hydrogen-bond acceptors (Lipinski definition) is 7. The third kappa shape index (κ3) is 3.82. The molecule has 1 amide bonds. The molecule has 1 aromatic carbocycles. The van der Waals surface area contributed by atoms with Gasteiger partial charge in [-0.05, 0) is 39.0 Å². The van der Waals surface area contributed by atoms with Crippen LogP contribution in [-0.4, -0.2) is 33.6 Å². The lowest BCUT2D eigenvalue weighted by molar-refractivity contribution is 0.0894. The summed E-state index contributed by atoms with van der Waals surface area (Å²) in [5, 5.41) is 15.4. The Kier molecular flexibility index (Phi) is 5.21. The molecule has 1 atom stereocenters. The van der Waals surface area contributed by atoms with E-state index in [1.807, 2.05) is 44.4 Å². The second-order valence-corrected chi connectivity index (χ2v) is 8.32. The van der Waals surface area contributed by atoms with Gasteiger partial charge in [0.2, 0.25) is 11.8 Å². The van der Waals surface area contributed by atoms with Gasteiger partial charge in [-0.2, -0.15) is 11.8 Å². The molecular formula is C20H22N4O3S. The minimum atomic E-state index is -0.228. The van der Waals surface area contributed by atoms with Crippen LogP contribution in [0.5, 0.6) is 0 Å². The highest BCUT2D eigenvalue weighted by Crippen LogP contribution is 2.37. The molecule has 0 bridgehead atoms. The molecule has 0 radical (unpaired) electrons. The van der Waals surface area contributed by atoms with Crippen molar-refractivity contribution in [2.45, 2.75) is 43.9 Å². The van der Waals surface area contributed by atoms with Gasteiger partial charge in [0.05, 0.1) is 5.25 Å². The smallest absolute Gasteiger partial charge is 0.273 e. The summed E-state index contributed by atoms with van der Waals surface area (Å²) >= 11 is 1.67. The van der Waals surface area contributed by atoms with Crippen molar-refractivity contribution in [3.8, 4) is 11.3 Å². The molecule has 0 saturated heterocycles. The van der Waals surface area contributed by atoms with Crippen LogP contribution in [0.4, 0.5) is 0 Å². The Morgan fingerprint density at radius 2 is 2.11 bits per heavy atom. The van der Waals surface area contributed by atoms with Gasteiger partial charge in [0.15, 0.2) is 11.5 Å². The van der Waals surface area contributed by atoms with Crippen LogP contribution >= 0.6 is 11.8 Å². The number of benzene rings is 1. The van der Waals surface area contributed by atoms with Crippen LogP contribution < -0.4 is 5.32 Å². The summed E-state index contributed by atoms with van der Waals surface area (Å²) in [6.07, 6.45) is 3.57. The number of aromatic nitrogens is 3. The molecule has 0 unspecified atom stereocenters. The van der Waals surface area contributed by atoms with Crippen molar-refractivity contribution in [1.29, 1.82) is 0 Å². The number of amides is 1. The van der Waals surface area contributed by atoms with E-state index in [0.717, 1.165) is 24.0 Å². The lowest BCUT2D eigenvalue weighted by Crippen LogP contribution is -2.43. The fraction of sp³-hybridized carbons (Fsp3) is 0.400. The Balaban J connectivity index is 1.33. The molecule has 8 heteroatoms. The topological polar surface area (TPSA) is 94.1 Å². The number of nitrogens with zero attached hydrogens (tertiary/aromatic N) is 3. The fourth-order valence-corrected chi connectivity index (χ4v) is 3.49. The summed E-state index contributed by atoms with van der Waals surface area (Å²) in [5.74, 6) is 1.86. The maximum atomic E-state index is 12.4. The van der Waals surface area contributed by atoms with Crippen LogP contribution in [-0.2, 0) is 0 Å². The Hall–Kier alpha value is -2.61. The molecule has 1 aliphatic carbocycles. The van der Waals surface area contributed by atoms with Crippen LogP contribution in [0, 0.1) is 6.92 Å². The van der Waals surface area contributed by atoms with Crippen molar-refractivity contribution < 1.29 is 13.7 Å². The average molecular weight is 398 g/mol. The summed E-state index contributed by atoms with van der Waals surface area (Å²) in [4.78, 5) is 12.4. The van der Waals surface area contributed by atoms with Crippen LogP contribution in [0.1, 0.15) is 58.8 Å². The highest BCUT2D eigenvalue weighted by molar-refractivity contribution is 7.98. The highest BCUT2D eigenvalue weighted by atomic mass is 32.2. The van der Waals surface area contributed by atoms with Crippen LogP contribution in [0.25, 0.3) is 11.3 Å². The summed E-state index contributed by atoms with van der Waals surface area (Å²) in [6.45, 7) is 4.04. The van der Waals surface area contributed by atoms with Crippen molar-refractivity contribution in [2.24, 2.45) is 0 Å². The molecule has 1 aliphatic rings. The van der Waals surface area contributed by atoms with Gasteiger partial charge in [-0.15, -0.1) is 10.2 Å². The molecule has 7 nitrogen and oxygen atoms in total. The highest BCUT2D eigenvalue weighted by Gasteiger charge is 2.36. The van der Waals surface area contributed by atoms with Crippen molar-refractivity contribution in [1.82, 2.24) is 20.7 Å². The van der Waals surface area contributed by atoms with Crippen LogP contribution in [0.3, 0.4) is 0 Å². The predicted octanol–water partition coefficient (Wildman–Crippen LogP) is 4.13. The molecule has 28 heavy (non-hydrogen) atoms. The van der Waals surface area contributed by atoms with E-state index in [9.17, 15) is 4.79 Å². The van der Waals surface area contributed by atoms with E-state index in [1.54, 1.807) is 17.8 Å². The van der Waals surface area contributed by atoms with E-state index in [-0.39, 0.29) is 28.8 Å². The second-order valence-electron chi connectivity index (χ2n) is 7.14. The summed E-state index contributed by atoms with van der Waals surface area (Å²) < 4.78 is 11.1. The second kappa shape index (κ2) is 7.79. The lowest BCUT2D eigenvalue weighted by atomic mass is 9.80. The molecule has 0 aliphatic heterocycles. The van der Waals surface area contributed by atoms with Crippen molar-refractivity contribution >= 4 is 17.7 Å².